The maximum atomic E-state index is 13.2. The lowest BCUT2D eigenvalue weighted by molar-refractivity contribution is -0.118. The van der Waals surface area contributed by atoms with Gasteiger partial charge in [-0.15, -0.1) is 0 Å². The summed E-state index contributed by atoms with van der Waals surface area (Å²) in [4.78, 5) is 19.7. The molecule has 1 atom stereocenters. The molecule has 0 spiro atoms. The van der Waals surface area contributed by atoms with Gasteiger partial charge in [0, 0.05) is 13.0 Å². The van der Waals surface area contributed by atoms with E-state index in [1.165, 1.54) is 11.3 Å². The number of carbonyl (C=O) groups excluding carboxylic acids is 1. The lowest BCUT2D eigenvalue weighted by Gasteiger charge is -2.23. The van der Waals surface area contributed by atoms with Crippen LogP contribution in [0.1, 0.15) is 36.0 Å². The second-order valence-electron chi connectivity index (χ2n) is 8.34. The average molecular weight is 473 g/mol. The standard InChI is InChI=1S/C24H28N2O4S2/c1-17-10-11-18(2)23-22(17)25-24(31-23)26(15-20-9-6-13-30-20)21(27)12-14-32(28,29)16-19-7-4-3-5-8-19/h3-5,7-8,10-11,20H,6,9,12-16H2,1-2H3. The molecule has 1 fully saturated rings. The van der Waals surface area contributed by atoms with Gasteiger partial charge in [-0.3, -0.25) is 9.69 Å². The monoisotopic (exact) mass is 472 g/mol. The summed E-state index contributed by atoms with van der Waals surface area (Å²) in [6.07, 6.45) is 1.74. The lowest BCUT2D eigenvalue weighted by atomic mass is 10.1. The van der Waals surface area contributed by atoms with Crippen molar-refractivity contribution in [1.29, 1.82) is 0 Å². The zero-order valence-corrected chi connectivity index (χ0v) is 20.0. The Morgan fingerprint density at radius 2 is 1.91 bits per heavy atom. The van der Waals surface area contributed by atoms with Crippen molar-refractivity contribution in [1.82, 2.24) is 4.98 Å². The number of aryl methyl sites for hydroxylation is 2. The number of hydrogen-bond donors (Lipinski definition) is 0. The number of fused-ring (bicyclic) bond motifs is 1. The van der Waals surface area contributed by atoms with Crippen LogP contribution in [0.15, 0.2) is 42.5 Å². The molecule has 1 unspecified atom stereocenters. The van der Waals surface area contributed by atoms with Gasteiger partial charge in [0.2, 0.25) is 5.91 Å². The molecule has 2 heterocycles. The van der Waals surface area contributed by atoms with Gasteiger partial charge in [0.15, 0.2) is 15.0 Å². The van der Waals surface area contributed by atoms with Crippen LogP contribution in [0.3, 0.4) is 0 Å². The number of benzene rings is 2. The number of hydrogen-bond acceptors (Lipinski definition) is 6. The third-order valence-corrected chi connectivity index (χ3v) is 8.54. The second-order valence-corrected chi connectivity index (χ2v) is 11.5. The molecule has 0 N–H and O–H groups in total. The van der Waals surface area contributed by atoms with E-state index < -0.39 is 9.84 Å². The van der Waals surface area contributed by atoms with Gasteiger partial charge in [-0.25, -0.2) is 13.4 Å². The fraction of sp³-hybridized carbons (Fsp3) is 0.417. The quantitative estimate of drug-likeness (QED) is 0.485. The molecule has 8 heteroatoms. The molecule has 0 radical (unpaired) electrons. The summed E-state index contributed by atoms with van der Waals surface area (Å²) in [6, 6.07) is 13.1. The third kappa shape index (κ3) is 5.36. The second kappa shape index (κ2) is 9.68. The number of ether oxygens (including phenoxy) is 1. The molecular weight excluding hydrogens is 444 g/mol. The van der Waals surface area contributed by atoms with Gasteiger partial charge < -0.3 is 4.74 Å². The predicted octanol–water partition coefficient (Wildman–Crippen LogP) is 4.43. The van der Waals surface area contributed by atoms with E-state index in [1.54, 1.807) is 17.0 Å². The highest BCUT2D eigenvalue weighted by atomic mass is 32.2. The number of nitrogens with zero attached hydrogens (tertiary/aromatic N) is 2. The Morgan fingerprint density at radius 1 is 1.16 bits per heavy atom. The van der Waals surface area contributed by atoms with Crippen LogP contribution in [0.2, 0.25) is 0 Å². The Kier molecular flexibility index (Phi) is 6.93. The summed E-state index contributed by atoms with van der Waals surface area (Å²) in [6.45, 7) is 5.13. The van der Waals surface area contributed by atoms with Crippen LogP contribution >= 0.6 is 11.3 Å². The van der Waals surface area contributed by atoms with Crippen LogP contribution in [-0.2, 0) is 25.1 Å². The van der Waals surface area contributed by atoms with E-state index >= 15 is 0 Å². The molecule has 3 aromatic rings. The van der Waals surface area contributed by atoms with Crippen molar-refractivity contribution in [2.24, 2.45) is 0 Å². The Bertz CT molecular complexity index is 1160. The van der Waals surface area contributed by atoms with Gasteiger partial charge in [-0.1, -0.05) is 53.8 Å². The smallest absolute Gasteiger partial charge is 0.229 e. The van der Waals surface area contributed by atoms with Crippen molar-refractivity contribution in [2.75, 3.05) is 23.8 Å². The molecule has 1 aliphatic heterocycles. The first-order chi connectivity index (χ1) is 15.3. The Labute approximate surface area is 193 Å². The predicted molar refractivity (Wildman–Crippen MR) is 129 cm³/mol. The SMILES string of the molecule is Cc1ccc(C)c2sc(N(CC3CCCO3)C(=O)CCS(=O)(=O)Cc3ccccc3)nc12. The van der Waals surface area contributed by atoms with E-state index in [-0.39, 0.29) is 29.9 Å². The fourth-order valence-electron chi connectivity index (χ4n) is 3.92. The molecule has 0 bridgehead atoms. The van der Waals surface area contributed by atoms with Crippen LogP contribution in [0.25, 0.3) is 10.2 Å². The van der Waals surface area contributed by atoms with Crippen molar-refractivity contribution < 1.29 is 17.9 Å². The topological polar surface area (TPSA) is 76.6 Å². The van der Waals surface area contributed by atoms with E-state index in [9.17, 15) is 13.2 Å². The Hall–Kier alpha value is -2.29. The molecule has 6 nitrogen and oxygen atoms in total. The van der Waals surface area contributed by atoms with Gasteiger partial charge in [0.05, 0.1) is 34.4 Å². The van der Waals surface area contributed by atoms with Crippen LogP contribution in [0.5, 0.6) is 0 Å². The number of anilines is 1. The summed E-state index contributed by atoms with van der Waals surface area (Å²) >= 11 is 1.48. The van der Waals surface area contributed by atoms with E-state index in [2.05, 4.69) is 6.07 Å². The average Bonchev–Trinajstić information content (AvgIpc) is 3.44. The van der Waals surface area contributed by atoms with E-state index in [4.69, 9.17) is 9.72 Å². The van der Waals surface area contributed by atoms with E-state index in [1.807, 2.05) is 38.1 Å². The van der Waals surface area contributed by atoms with Crippen molar-refractivity contribution >= 4 is 42.4 Å². The number of aromatic nitrogens is 1. The molecule has 1 aliphatic rings. The number of sulfone groups is 1. The van der Waals surface area contributed by atoms with Gasteiger partial charge in [-0.05, 0) is 43.4 Å². The minimum absolute atomic E-state index is 0.0471. The summed E-state index contributed by atoms with van der Waals surface area (Å²) in [7, 11) is -3.41. The largest absolute Gasteiger partial charge is 0.376 e. The van der Waals surface area contributed by atoms with E-state index in [0.717, 1.165) is 39.7 Å². The highest BCUT2D eigenvalue weighted by Gasteiger charge is 2.27. The molecule has 32 heavy (non-hydrogen) atoms. The molecule has 0 aliphatic carbocycles. The van der Waals surface area contributed by atoms with Gasteiger partial charge >= 0.3 is 0 Å². The summed E-state index contributed by atoms with van der Waals surface area (Å²) < 4.78 is 32.1. The first-order valence-corrected chi connectivity index (χ1v) is 13.5. The Morgan fingerprint density at radius 3 is 2.59 bits per heavy atom. The van der Waals surface area contributed by atoms with Gasteiger partial charge in [0.25, 0.3) is 0 Å². The lowest BCUT2D eigenvalue weighted by Crippen LogP contribution is -2.38. The maximum Gasteiger partial charge on any atom is 0.229 e. The molecule has 1 saturated heterocycles. The molecule has 0 saturated carbocycles. The highest BCUT2D eigenvalue weighted by Crippen LogP contribution is 2.34. The first-order valence-electron chi connectivity index (χ1n) is 10.9. The highest BCUT2D eigenvalue weighted by molar-refractivity contribution is 7.90. The molecule has 4 rings (SSSR count). The summed E-state index contributed by atoms with van der Waals surface area (Å²) in [5.41, 5.74) is 3.80. The fourth-order valence-corrected chi connectivity index (χ4v) is 6.39. The zero-order valence-electron chi connectivity index (χ0n) is 18.4. The minimum Gasteiger partial charge on any atom is -0.376 e. The normalized spacial score (nSPS) is 16.5. The number of thiazole rings is 1. The molecular formula is C24H28N2O4S2. The van der Waals surface area contributed by atoms with Crippen LogP contribution in [-0.4, -0.2) is 44.3 Å². The summed E-state index contributed by atoms with van der Waals surface area (Å²) in [5.74, 6) is -0.482. The van der Waals surface area contributed by atoms with Crippen molar-refractivity contribution in [3.8, 4) is 0 Å². The van der Waals surface area contributed by atoms with Crippen LogP contribution in [0.4, 0.5) is 5.13 Å². The first kappa shape index (κ1) is 22.9. The van der Waals surface area contributed by atoms with Crippen molar-refractivity contribution in [3.05, 3.63) is 59.2 Å². The van der Waals surface area contributed by atoms with Crippen LogP contribution in [0, 0.1) is 13.8 Å². The van der Waals surface area contributed by atoms with Gasteiger partial charge in [-0.2, -0.15) is 0 Å². The van der Waals surface area contributed by atoms with Gasteiger partial charge in [0.1, 0.15) is 0 Å². The number of rotatable bonds is 8. The van der Waals surface area contributed by atoms with E-state index in [0.29, 0.717) is 18.3 Å². The molecule has 2 aromatic carbocycles. The van der Waals surface area contributed by atoms with Crippen LogP contribution < -0.4 is 4.90 Å². The Balaban J connectivity index is 1.54. The number of carbonyl (C=O) groups is 1. The number of amides is 1. The van der Waals surface area contributed by atoms with Crippen molar-refractivity contribution in [2.45, 2.75) is 45.0 Å². The van der Waals surface area contributed by atoms with Crippen molar-refractivity contribution in [3.63, 3.8) is 0 Å². The molecule has 170 valence electrons. The zero-order chi connectivity index (χ0) is 22.7. The minimum atomic E-state index is -3.41. The summed E-state index contributed by atoms with van der Waals surface area (Å²) in [5, 5.41) is 0.610. The molecule has 1 aromatic heterocycles. The third-order valence-electron chi connectivity index (χ3n) is 5.73. The maximum absolute atomic E-state index is 13.2. The molecule has 1 amide bonds.